The smallest absolute Gasteiger partial charge is 0.132 e. The fourth-order valence-corrected chi connectivity index (χ4v) is 2.34. The molecule has 0 radical (unpaired) electrons. The third kappa shape index (κ3) is 2.16. The molecule has 0 atom stereocenters. The van der Waals surface area contributed by atoms with Crippen LogP contribution in [0.5, 0.6) is 0 Å². The predicted octanol–water partition coefficient (Wildman–Crippen LogP) is 4.75. The van der Waals surface area contributed by atoms with Crippen LogP contribution in [0.3, 0.4) is 0 Å². The lowest BCUT2D eigenvalue weighted by molar-refractivity contribution is 0.631. The Hall–Kier alpha value is -0.610. The van der Waals surface area contributed by atoms with Crippen molar-refractivity contribution in [1.82, 2.24) is 0 Å². The molecule has 0 fully saturated rings. The first-order valence-electron chi connectivity index (χ1n) is 4.39. The van der Waals surface area contributed by atoms with Crippen molar-refractivity contribution < 1.29 is 4.39 Å². The maximum absolute atomic E-state index is 13.6. The lowest BCUT2D eigenvalue weighted by Crippen LogP contribution is -1.88. The Balaban J connectivity index is 2.69. The zero-order valence-electron chi connectivity index (χ0n) is 7.68. The molecule has 0 bridgehead atoms. The van der Waals surface area contributed by atoms with Crippen LogP contribution in [0.25, 0.3) is 11.1 Å². The van der Waals surface area contributed by atoms with Gasteiger partial charge < -0.3 is 0 Å². The van der Waals surface area contributed by atoms with Gasteiger partial charge in [-0.3, -0.25) is 0 Å². The van der Waals surface area contributed by atoms with E-state index >= 15 is 0 Å². The van der Waals surface area contributed by atoms with Crippen molar-refractivity contribution in [3.05, 3.63) is 56.9 Å². The highest BCUT2D eigenvalue weighted by atomic mass is 127. The van der Waals surface area contributed by atoms with Gasteiger partial charge in [0.25, 0.3) is 0 Å². The van der Waals surface area contributed by atoms with Gasteiger partial charge in [-0.05, 0) is 46.4 Å². The average molecular weight is 333 g/mol. The molecule has 2 aromatic rings. The SMILES string of the molecule is Fc1cccc(Cl)c1-c1ccccc1I. The maximum atomic E-state index is 13.6. The molecule has 0 aliphatic rings. The van der Waals surface area contributed by atoms with E-state index in [1.54, 1.807) is 12.1 Å². The highest BCUT2D eigenvalue weighted by molar-refractivity contribution is 14.1. The largest absolute Gasteiger partial charge is 0.206 e. The molecule has 0 heterocycles. The first-order valence-corrected chi connectivity index (χ1v) is 5.85. The van der Waals surface area contributed by atoms with E-state index in [1.165, 1.54) is 6.07 Å². The Morgan fingerprint density at radius 2 is 1.73 bits per heavy atom. The highest BCUT2D eigenvalue weighted by Crippen LogP contribution is 2.33. The van der Waals surface area contributed by atoms with Gasteiger partial charge in [-0.1, -0.05) is 35.9 Å². The molecular weight excluding hydrogens is 325 g/mol. The third-order valence-corrected chi connectivity index (χ3v) is 3.36. The van der Waals surface area contributed by atoms with Crippen LogP contribution in [0, 0.1) is 9.39 Å². The Labute approximate surface area is 106 Å². The monoisotopic (exact) mass is 332 g/mol. The highest BCUT2D eigenvalue weighted by Gasteiger charge is 2.11. The fraction of sp³-hybridized carbons (Fsp3) is 0. The second-order valence-corrected chi connectivity index (χ2v) is 4.65. The number of hydrogen-bond acceptors (Lipinski definition) is 0. The summed E-state index contributed by atoms with van der Waals surface area (Å²) in [5.74, 6) is -0.286. The van der Waals surface area contributed by atoms with Crippen molar-refractivity contribution >= 4 is 34.2 Å². The van der Waals surface area contributed by atoms with Crippen LogP contribution in [0.1, 0.15) is 0 Å². The van der Waals surface area contributed by atoms with E-state index in [2.05, 4.69) is 22.6 Å². The summed E-state index contributed by atoms with van der Waals surface area (Å²) in [7, 11) is 0. The Morgan fingerprint density at radius 1 is 1.00 bits per heavy atom. The molecule has 0 aromatic heterocycles. The lowest BCUT2D eigenvalue weighted by Gasteiger charge is -2.07. The van der Waals surface area contributed by atoms with Crippen LogP contribution in [-0.4, -0.2) is 0 Å². The molecular formula is C12H7ClFI. The Kier molecular flexibility index (Phi) is 3.26. The minimum Gasteiger partial charge on any atom is -0.206 e. The minimum atomic E-state index is -0.286. The summed E-state index contributed by atoms with van der Waals surface area (Å²) in [5, 5.41) is 0.444. The molecule has 2 rings (SSSR count). The van der Waals surface area contributed by atoms with Crippen LogP contribution in [0.2, 0.25) is 5.02 Å². The van der Waals surface area contributed by atoms with E-state index in [-0.39, 0.29) is 5.82 Å². The van der Waals surface area contributed by atoms with Crippen molar-refractivity contribution in [1.29, 1.82) is 0 Å². The van der Waals surface area contributed by atoms with Gasteiger partial charge in [-0.25, -0.2) is 4.39 Å². The summed E-state index contributed by atoms with van der Waals surface area (Å²) in [6, 6.07) is 12.3. The van der Waals surface area contributed by atoms with Gasteiger partial charge in [0.1, 0.15) is 5.82 Å². The fourth-order valence-electron chi connectivity index (χ4n) is 1.42. The molecule has 0 unspecified atom stereocenters. The summed E-state index contributed by atoms with van der Waals surface area (Å²) >= 11 is 8.16. The molecule has 0 nitrogen and oxygen atoms in total. The van der Waals surface area contributed by atoms with E-state index < -0.39 is 0 Å². The van der Waals surface area contributed by atoms with Gasteiger partial charge >= 0.3 is 0 Å². The summed E-state index contributed by atoms with van der Waals surface area (Å²) in [6.45, 7) is 0. The second kappa shape index (κ2) is 4.49. The number of benzene rings is 2. The molecule has 0 spiro atoms. The molecule has 0 aliphatic heterocycles. The zero-order chi connectivity index (χ0) is 10.8. The molecule has 76 valence electrons. The van der Waals surface area contributed by atoms with E-state index in [1.807, 2.05) is 24.3 Å². The average Bonchev–Trinajstić information content (AvgIpc) is 2.20. The van der Waals surface area contributed by atoms with Crippen molar-refractivity contribution in [3.63, 3.8) is 0 Å². The van der Waals surface area contributed by atoms with E-state index in [0.29, 0.717) is 10.6 Å². The Morgan fingerprint density at radius 3 is 2.40 bits per heavy atom. The van der Waals surface area contributed by atoms with Gasteiger partial charge in [-0.15, -0.1) is 0 Å². The van der Waals surface area contributed by atoms with Crippen molar-refractivity contribution in [2.45, 2.75) is 0 Å². The lowest BCUT2D eigenvalue weighted by atomic mass is 10.1. The molecule has 0 N–H and O–H groups in total. The van der Waals surface area contributed by atoms with Crippen LogP contribution >= 0.6 is 34.2 Å². The normalized spacial score (nSPS) is 10.3. The quantitative estimate of drug-likeness (QED) is 0.661. The second-order valence-electron chi connectivity index (χ2n) is 3.08. The third-order valence-electron chi connectivity index (χ3n) is 2.11. The summed E-state index contributed by atoms with van der Waals surface area (Å²) in [5.41, 5.74) is 1.31. The van der Waals surface area contributed by atoms with E-state index in [0.717, 1.165) is 9.13 Å². The van der Waals surface area contributed by atoms with Crippen LogP contribution < -0.4 is 0 Å². The van der Waals surface area contributed by atoms with Crippen molar-refractivity contribution in [2.75, 3.05) is 0 Å². The van der Waals surface area contributed by atoms with Gasteiger partial charge in [0, 0.05) is 9.13 Å². The van der Waals surface area contributed by atoms with Crippen molar-refractivity contribution in [2.24, 2.45) is 0 Å². The first-order chi connectivity index (χ1) is 7.20. The summed E-state index contributed by atoms with van der Waals surface area (Å²) in [6.07, 6.45) is 0. The summed E-state index contributed by atoms with van der Waals surface area (Å²) < 4.78 is 14.6. The van der Waals surface area contributed by atoms with Crippen LogP contribution in [0.4, 0.5) is 4.39 Å². The predicted molar refractivity (Wildman–Crippen MR) is 69.6 cm³/mol. The van der Waals surface area contributed by atoms with Crippen LogP contribution in [-0.2, 0) is 0 Å². The van der Waals surface area contributed by atoms with Gasteiger partial charge in [-0.2, -0.15) is 0 Å². The molecule has 2 aromatic carbocycles. The number of halogens is 3. The first kappa shape index (κ1) is 10.9. The molecule has 15 heavy (non-hydrogen) atoms. The van der Waals surface area contributed by atoms with Gasteiger partial charge in [0.2, 0.25) is 0 Å². The molecule has 0 amide bonds. The van der Waals surface area contributed by atoms with Crippen LogP contribution in [0.15, 0.2) is 42.5 Å². The zero-order valence-corrected chi connectivity index (χ0v) is 10.6. The maximum Gasteiger partial charge on any atom is 0.132 e. The molecule has 3 heteroatoms. The molecule has 0 saturated carbocycles. The van der Waals surface area contributed by atoms with Crippen molar-refractivity contribution in [3.8, 4) is 11.1 Å². The van der Waals surface area contributed by atoms with E-state index in [9.17, 15) is 4.39 Å². The number of rotatable bonds is 1. The van der Waals surface area contributed by atoms with Gasteiger partial charge in [0.15, 0.2) is 0 Å². The van der Waals surface area contributed by atoms with Gasteiger partial charge in [0.05, 0.1) is 5.02 Å². The molecule has 0 saturated heterocycles. The molecule has 0 aliphatic carbocycles. The topological polar surface area (TPSA) is 0 Å². The standard InChI is InChI=1S/C12H7ClFI/c13-9-5-3-6-10(14)12(9)8-4-1-2-7-11(8)15/h1-7H. The Bertz CT molecular complexity index is 476. The van der Waals surface area contributed by atoms with E-state index in [4.69, 9.17) is 11.6 Å². The minimum absolute atomic E-state index is 0.286. The number of hydrogen-bond donors (Lipinski definition) is 0. The summed E-state index contributed by atoms with van der Waals surface area (Å²) in [4.78, 5) is 0.